The fourth-order valence-corrected chi connectivity index (χ4v) is 4.15. The Morgan fingerprint density at radius 2 is 2.03 bits per heavy atom. The first-order chi connectivity index (χ1) is 15.6. The molecule has 1 aliphatic rings. The van der Waals surface area contributed by atoms with Crippen LogP contribution in [0.15, 0.2) is 35.3 Å². The first-order valence-corrected chi connectivity index (χ1v) is 11.2. The van der Waals surface area contributed by atoms with E-state index in [9.17, 15) is 18.0 Å². The third-order valence-corrected chi connectivity index (χ3v) is 6.16. The zero-order valence-electron chi connectivity index (χ0n) is 18.4. The maximum atomic E-state index is 13.8. The van der Waals surface area contributed by atoms with Crippen molar-refractivity contribution in [2.45, 2.75) is 45.4 Å². The van der Waals surface area contributed by atoms with Crippen LogP contribution >= 0.6 is 11.6 Å². The van der Waals surface area contributed by atoms with Gasteiger partial charge in [0.25, 0.3) is 5.91 Å². The molecule has 3 aromatic rings. The van der Waals surface area contributed by atoms with Crippen molar-refractivity contribution in [1.82, 2.24) is 14.3 Å². The molecule has 0 saturated carbocycles. The highest BCUT2D eigenvalue weighted by Crippen LogP contribution is 2.37. The number of carbonyl (C=O) groups is 1. The van der Waals surface area contributed by atoms with E-state index in [2.05, 4.69) is 18.8 Å². The molecular formula is C23H25ClF3N3O3. The van der Waals surface area contributed by atoms with Gasteiger partial charge in [-0.1, -0.05) is 25.4 Å². The molecule has 1 aliphatic heterocycles. The van der Waals surface area contributed by atoms with E-state index in [4.69, 9.17) is 20.8 Å². The average molecular weight is 484 g/mol. The molecule has 0 spiro atoms. The molecular weight excluding hydrogens is 459 g/mol. The topological polar surface area (TPSA) is 60.0 Å². The highest BCUT2D eigenvalue weighted by molar-refractivity contribution is 6.33. The number of fused-ring (bicyclic) bond motifs is 1. The first-order valence-electron chi connectivity index (χ1n) is 10.9. The second-order valence-electron chi connectivity index (χ2n) is 8.64. The van der Waals surface area contributed by atoms with Gasteiger partial charge in [0.1, 0.15) is 5.15 Å². The Hall–Kier alpha value is -2.52. The molecule has 6 nitrogen and oxygen atoms in total. The van der Waals surface area contributed by atoms with Crippen LogP contribution in [0.3, 0.4) is 0 Å². The predicted octanol–water partition coefficient (Wildman–Crippen LogP) is 5.93. The Bertz CT molecular complexity index is 1120. The summed E-state index contributed by atoms with van der Waals surface area (Å²) in [5, 5.41) is -0.152. The number of pyridine rings is 1. The van der Waals surface area contributed by atoms with Gasteiger partial charge in [-0.05, 0) is 37.3 Å². The SMILES string of the molecule is CC(C)CCOC1CCN(C(=O)c2nc3c(C(F)(F)F)cc(-c4ccoc4)cn3c2Cl)CC1. The van der Waals surface area contributed by atoms with Gasteiger partial charge in [-0.25, -0.2) is 4.98 Å². The van der Waals surface area contributed by atoms with Crippen LogP contribution in [0.4, 0.5) is 13.2 Å². The molecule has 4 rings (SSSR count). The van der Waals surface area contributed by atoms with E-state index in [0.717, 1.165) is 16.9 Å². The van der Waals surface area contributed by atoms with Crippen LogP contribution in [0.25, 0.3) is 16.8 Å². The minimum atomic E-state index is -4.68. The van der Waals surface area contributed by atoms with Crippen molar-refractivity contribution in [3.8, 4) is 11.1 Å². The summed E-state index contributed by atoms with van der Waals surface area (Å²) in [5.41, 5.74) is -0.860. The number of furan rings is 1. The third kappa shape index (κ3) is 5.04. The van der Waals surface area contributed by atoms with E-state index < -0.39 is 23.3 Å². The van der Waals surface area contributed by atoms with E-state index in [-0.39, 0.29) is 22.5 Å². The van der Waals surface area contributed by atoms with Crippen molar-refractivity contribution >= 4 is 23.2 Å². The van der Waals surface area contributed by atoms with Gasteiger partial charge in [0.05, 0.1) is 24.2 Å². The van der Waals surface area contributed by atoms with Crippen LogP contribution in [0.5, 0.6) is 0 Å². The smallest absolute Gasteiger partial charge is 0.420 e. The number of nitrogens with zero attached hydrogens (tertiary/aromatic N) is 3. The standard InChI is InChI=1S/C23H25ClF3N3O3/c1-14(2)5-10-33-17-3-7-29(8-4-17)22(31)19-20(24)30-12-16(15-6-9-32-13-15)11-18(21(30)28-19)23(25,26)27/h6,9,11-14,17H,3-5,7-8,10H2,1-2H3. The quantitative estimate of drug-likeness (QED) is 0.435. The molecule has 0 aromatic carbocycles. The second-order valence-corrected chi connectivity index (χ2v) is 9.00. The molecule has 3 aromatic heterocycles. The van der Waals surface area contributed by atoms with E-state index in [0.29, 0.717) is 44.0 Å². The predicted molar refractivity (Wildman–Crippen MR) is 117 cm³/mol. The maximum absolute atomic E-state index is 13.8. The first kappa shape index (κ1) is 23.6. The van der Waals surface area contributed by atoms with E-state index >= 15 is 0 Å². The number of piperidine rings is 1. The summed E-state index contributed by atoms with van der Waals surface area (Å²) < 4.78 is 53.4. The number of alkyl halides is 3. The number of ether oxygens (including phenoxy) is 1. The molecule has 0 N–H and O–H groups in total. The molecule has 0 atom stereocenters. The van der Waals surface area contributed by atoms with Gasteiger partial charge in [0, 0.05) is 37.0 Å². The number of halogens is 4. The number of aromatic nitrogens is 2. The lowest BCUT2D eigenvalue weighted by Crippen LogP contribution is -2.41. The van der Waals surface area contributed by atoms with E-state index in [1.165, 1.54) is 18.7 Å². The van der Waals surface area contributed by atoms with E-state index in [1.54, 1.807) is 11.0 Å². The van der Waals surface area contributed by atoms with Gasteiger partial charge in [0.2, 0.25) is 0 Å². The Kier molecular flexibility index (Phi) is 6.72. The summed E-state index contributed by atoms with van der Waals surface area (Å²) in [6.07, 6.45) is 1.81. The summed E-state index contributed by atoms with van der Waals surface area (Å²) in [7, 11) is 0. The van der Waals surface area contributed by atoms with Gasteiger partial charge in [0.15, 0.2) is 11.3 Å². The molecule has 0 aliphatic carbocycles. The van der Waals surface area contributed by atoms with Crippen LogP contribution < -0.4 is 0 Å². The van der Waals surface area contributed by atoms with Crippen molar-refractivity contribution < 1.29 is 27.1 Å². The third-order valence-electron chi connectivity index (χ3n) is 5.80. The average Bonchev–Trinajstić information content (AvgIpc) is 3.41. The molecule has 0 unspecified atom stereocenters. The number of amides is 1. The van der Waals surface area contributed by atoms with Crippen LogP contribution in [-0.4, -0.2) is 46.0 Å². The minimum absolute atomic E-state index is 0.0682. The molecule has 4 heterocycles. The van der Waals surface area contributed by atoms with Crippen LogP contribution in [0.2, 0.25) is 5.15 Å². The Balaban J connectivity index is 1.59. The molecule has 0 bridgehead atoms. The number of hydrogen-bond donors (Lipinski definition) is 0. The highest BCUT2D eigenvalue weighted by atomic mass is 35.5. The molecule has 0 radical (unpaired) electrons. The van der Waals surface area contributed by atoms with E-state index in [1.807, 2.05) is 0 Å². The molecule has 10 heteroatoms. The van der Waals surface area contributed by atoms with Crippen molar-refractivity contribution in [2.75, 3.05) is 19.7 Å². The lowest BCUT2D eigenvalue weighted by atomic mass is 10.1. The van der Waals surface area contributed by atoms with Gasteiger partial charge in [-0.2, -0.15) is 13.2 Å². The zero-order valence-corrected chi connectivity index (χ0v) is 19.1. The molecule has 1 fully saturated rings. The number of imidazole rings is 1. The fourth-order valence-electron chi connectivity index (χ4n) is 3.89. The van der Waals surface area contributed by atoms with Crippen molar-refractivity contribution in [1.29, 1.82) is 0 Å². The Morgan fingerprint density at radius 1 is 1.30 bits per heavy atom. The summed E-state index contributed by atoms with van der Waals surface area (Å²) in [6.45, 7) is 5.80. The largest absolute Gasteiger partial charge is 0.472 e. The van der Waals surface area contributed by atoms with Crippen molar-refractivity contribution in [2.24, 2.45) is 5.92 Å². The maximum Gasteiger partial charge on any atom is 0.420 e. The number of carbonyl (C=O) groups excluding carboxylic acids is 1. The van der Waals surface area contributed by atoms with Gasteiger partial charge >= 0.3 is 6.18 Å². The Labute approximate surface area is 194 Å². The molecule has 178 valence electrons. The fraction of sp³-hybridized carbons (Fsp3) is 0.478. The van der Waals surface area contributed by atoms with Gasteiger partial charge in [-0.3, -0.25) is 9.20 Å². The van der Waals surface area contributed by atoms with Crippen LogP contribution in [-0.2, 0) is 10.9 Å². The normalized spacial score (nSPS) is 15.7. The number of rotatable bonds is 6. The summed E-state index contributed by atoms with van der Waals surface area (Å²) in [5.74, 6) is 0.0711. The second kappa shape index (κ2) is 9.38. The zero-order chi connectivity index (χ0) is 23.8. The molecule has 1 amide bonds. The Morgan fingerprint density at radius 3 is 2.64 bits per heavy atom. The summed E-state index contributed by atoms with van der Waals surface area (Å²) in [4.78, 5) is 18.7. The number of hydrogen-bond acceptors (Lipinski definition) is 4. The molecule has 33 heavy (non-hydrogen) atoms. The van der Waals surface area contributed by atoms with Crippen molar-refractivity contribution in [3.63, 3.8) is 0 Å². The van der Waals surface area contributed by atoms with Gasteiger partial charge < -0.3 is 14.1 Å². The summed E-state index contributed by atoms with van der Waals surface area (Å²) >= 11 is 6.39. The minimum Gasteiger partial charge on any atom is -0.472 e. The van der Waals surface area contributed by atoms with Crippen LogP contribution in [0, 0.1) is 5.92 Å². The lowest BCUT2D eigenvalue weighted by molar-refractivity contribution is -0.136. The molecule has 1 saturated heterocycles. The van der Waals surface area contributed by atoms with Crippen molar-refractivity contribution in [3.05, 3.63) is 47.3 Å². The summed E-state index contributed by atoms with van der Waals surface area (Å²) in [6, 6.07) is 2.53. The monoisotopic (exact) mass is 483 g/mol. The lowest BCUT2D eigenvalue weighted by Gasteiger charge is -2.31. The number of likely N-dealkylation sites (tertiary alicyclic amines) is 1. The van der Waals surface area contributed by atoms with Crippen LogP contribution in [0.1, 0.15) is 49.2 Å². The van der Waals surface area contributed by atoms with Gasteiger partial charge in [-0.15, -0.1) is 0 Å². The highest BCUT2D eigenvalue weighted by Gasteiger charge is 2.37.